The van der Waals surface area contributed by atoms with Gasteiger partial charge in [0.15, 0.2) is 29.0 Å². The third-order valence-corrected chi connectivity index (χ3v) is 11.3. The highest BCUT2D eigenvalue weighted by Gasteiger charge is 2.51. The highest BCUT2D eigenvalue weighted by atomic mass is 32.2. The van der Waals surface area contributed by atoms with Gasteiger partial charge in [0.05, 0.1) is 19.6 Å². The number of fused-ring (bicyclic) bond motifs is 1. The molecule has 2 aromatic heterocycles. The van der Waals surface area contributed by atoms with Crippen LogP contribution in [0.15, 0.2) is 6.33 Å². The van der Waals surface area contributed by atoms with Crippen molar-refractivity contribution in [2.75, 3.05) is 37.8 Å². The molecule has 1 aliphatic rings. The fraction of sp³-hybridized carbons (Fsp3) is 0.654. The van der Waals surface area contributed by atoms with Crippen LogP contribution in [0, 0.1) is 5.41 Å². The maximum Gasteiger partial charge on any atom is 0.481 e. The summed E-state index contributed by atoms with van der Waals surface area (Å²) in [5.74, 6) is -3.12. The van der Waals surface area contributed by atoms with Gasteiger partial charge in [0, 0.05) is 37.1 Å². The highest BCUT2D eigenvalue weighted by molar-refractivity contribution is 7.97. The van der Waals surface area contributed by atoms with Gasteiger partial charge in [0.25, 0.3) is 0 Å². The Morgan fingerprint density at radius 1 is 1.07 bits per heavy atom. The van der Waals surface area contributed by atoms with E-state index in [0.717, 1.165) is 22.8 Å². The highest BCUT2D eigenvalue weighted by Crippen LogP contribution is 2.61. The Kier molecular flexibility index (Phi) is 16.8. The number of carbonyl (C=O) groups is 4. The number of Topliss-reactive ketones (excluding diaryl/α,β-unsaturated/α-hetero) is 2. The summed E-state index contributed by atoms with van der Waals surface area (Å²) >= 11 is 1.02. The van der Waals surface area contributed by atoms with Gasteiger partial charge in [-0.25, -0.2) is 28.6 Å². The number of carbonyl (C=O) groups excluding carboxylic acids is 4. The fourth-order valence-corrected chi connectivity index (χ4v) is 7.91. The van der Waals surface area contributed by atoms with Crippen molar-refractivity contribution in [3.05, 3.63) is 12.2 Å². The normalized spacial score (nSPS) is 21.6. The van der Waals surface area contributed by atoms with E-state index in [-0.39, 0.29) is 36.4 Å². The number of anilines is 1. The predicted molar refractivity (Wildman–Crippen MR) is 191 cm³/mol. The van der Waals surface area contributed by atoms with Crippen molar-refractivity contribution in [2.45, 2.75) is 70.7 Å². The number of nitrogens with one attached hydrogen (secondary N) is 2. The second kappa shape index (κ2) is 19.8. The molecule has 0 saturated carbocycles. The minimum Gasteiger partial charge on any atom is -0.386 e. The van der Waals surface area contributed by atoms with Crippen molar-refractivity contribution in [1.82, 2.24) is 30.2 Å². The van der Waals surface area contributed by atoms with Crippen molar-refractivity contribution in [3.8, 4) is 0 Å². The Morgan fingerprint density at radius 3 is 2.36 bits per heavy atom. The molecular formula is C26H43N8O18P3S. The van der Waals surface area contributed by atoms with Crippen LogP contribution in [0.3, 0.4) is 0 Å². The Labute approximate surface area is 322 Å². The van der Waals surface area contributed by atoms with E-state index < -0.39 is 108 Å². The first-order valence-corrected chi connectivity index (χ1v) is 21.8. The number of rotatable bonds is 23. The number of ether oxygens (including phenoxy) is 1. The molecule has 2 aromatic rings. The van der Waals surface area contributed by atoms with Gasteiger partial charge < -0.3 is 50.9 Å². The molecule has 1 fully saturated rings. The largest absolute Gasteiger partial charge is 0.481 e. The first-order chi connectivity index (χ1) is 25.9. The van der Waals surface area contributed by atoms with E-state index in [9.17, 15) is 62.7 Å². The number of phosphoric acid groups is 3. The topological polar surface area (TPSA) is 407 Å². The number of imidazole rings is 1. The summed E-state index contributed by atoms with van der Waals surface area (Å²) in [6.07, 6.45) is -9.79. The van der Waals surface area contributed by atoms with Gasteiger partial charge in [-0.05, 0) is 0 Å². The minimum absolute atomic E-state index is 0.0291. The lowest BCUT2D eigenvalue weighted by Gasteiger charge is -2.30. The molecule has 56 heavy (non-hydrogen) atoms. The molecule has 3 heterocycles. The zero-order chi connectivity index (χ0) is 42.2. The zero-order valence-electron chi connectivity index (χ0n) is 29.9. The van der Waals surface area contributed by atoms with Gasteiger partial charge in [-0.15, -0.1) is 0 Å². The van der Waals surface area contributed by atoms with Crippen molar-refractivity contribution >= 4 is 75.8 Å². The molecule has 2 amide bonds. The van der Waals surface area contributed by atoms with Crippen LogP contribution >= 0.6 is 35.4 Å². The molecule has 30 heteroatoms. The van der Waals surface area contributed by atoms with Crippen LogP contribution in [-0.2, 0) is 50.7 Å². The van der Waals surface area contributed by atoms with Crippen molar-refractivity contribution in [2.24, 2.45) is 10.6 Å². The Hall–Kier alpha value is -2.81. The van der Waals surface area contributed by atoms with Crippen LogP contribution in [0.4, 0.5) is 5.82 Å². The number of aromatic nitrogens is 4. The van der Waals surface area contributed by atoms with E-state index in [4.69, 9.17) is 24.7 Å². The summed E-state index contributed by atoms with van der Waals surface area (Å²) in [4.78, 5) is 101. The molecule has 2 unspecified atom stereocenters. The van der Waals surface area contributed by atoms with Gasteiger partial charge in [-0.1, -0.05) is 32.7 Å². The molecule has 0 radical (unpaired) electrons. The zero-order valence-corrected chi connectivity index (χ0v) is 33.4. The number of amides is 2. The van der Waals surface area contributed by atoms with E-state index in [1.807, 2.05) is 0 Å². The number of phosphoric ester groups is 3. The summed E-state index contributed by atoms with van der Waals surface area (Å²) in [7, 11) is -16.7. The lowest BCUT2D eigenvalue weighted by Crippen LogP contribution is -2.46. The molecule has 0 bridgehead atoms. The van der Waals surface area contributed by atoms with Crippen LogP contribution in [0.2, 0.25) is 0 Å². The van der Waals surface area contributed by atoms with Gasteiger partial charge in [-0.3, -0.25) is 42.5 Å². The van der Waals surface area contributed by atoms with Crippen molar-refractivity contribution in [1.29, 1.82) is 0 Å². The van der Waals surface area contributed by atoms with Crippen molar-refractivity contribution < 1.29 is 85.3 Å². The molecule has 1 aliphatic heterocycles. The van der Waals surface area contributed by atoms with Crippen molar-refractivity contribution in [3.63, 3.8) is 0 Å². The Balaban J connectivity index is 1.72. The summed E-state index contributed by atoms with van der Waals surface area (Å²) < 4.78 is 62.3. The van der Waals surface area contributed by atoms with E-state index in [0.29, 0.717) is 12.3 Å². The molecule has 26 nitrogen and oxygen atoms in total. The third-order valence-electron chi connectivity index (χ3n) is 7.72. The van der Waals surface area contributed by atoms with Crippen LogP contribution < -0.4 is 21.5 Å². The monoisotopic (exact) mass is 880 g/mol. The molecule has 7 atom stereocenters. The molecular weight excluding hydrogens is 837 g/mol. The standard InChI is InChI=1S/C26H43N8O18P3S/c1-4-13(35)9-14(36)22-33-17-21(27)31-12-32-23(17)34(22)25-18(38)19(51-53(41,42)43)15(50-25)10-48-54(44,45)52-55(46,47)49-11-26(2,3)20(39)24(40)30-6-5-16(37)29-7-8-56-28/h12,15,18-20,25,38-39H,4-11,28H2,1-3H3,(H,29,37)(H,30,40)(H,44,45)(H,46,47)(H2,27,31,32)(H2,41,42,43)/t15-,18-,19-,20+,25-/m1/s1. The first-order valence-electron chi connectivity index (χ1n) is 16.2. The summed E-state index contributed by atoms with van der Waals surface area (Å²) in [6, 6.07) is 0. The molecule has 3 rings (SSSR count). The molecule has 1 saturated heterocycles. The molecule has 0 aromatic carbocycles. The third kappa shape index (κ3) is 13.4. The van der Waals surface area contributed by atoms with Crippen LogP contribution in [0.1, 0.15) is 56.9 Å². The van der Waals surface area contributed by atoms with E-state index >= 15 is 0 Å². The van der Waals surface area contributed by atoms with E-state index in [1.165, 1.54) is 20.8 Å². The quantitative estimate of drug-likeness (QED) is 0.0201. The number of aliphatic hydroxyl groups is 2. The number of hydrogen-bond donors (Lipinski definition) is 10. The predicted octanol–water partition coefficient (Wildman–Crippen LogP) is -1.44. The number of hydrogen-bond acceptors (Lipinski definition) is 20. The number of ketones is 2. The van der Waals surface area contributed by atoms with Crippen LogP contribution in [0.25, 0.3) is 11.2 Å². The second-order valence-electron chi connectivity index (χ2n) is 12.6. The smallest absolute Gasteiger partial charge is 0.386 e. The van der Waals surface area contributed by atoms with E-state index in [1.54, 1.807) is 0 Å². The molecule has 0 spiro atoms. The summed E-state index contributed by atoms with van der Waals surface area (Å²) in [6.45, 7) is 1.90. The SMILES string of the molecule is CCC(=O)CC(=O)c1nc2c(N)ncnc2n1[C@@H]1O[C@H](COP(=O)(O)OP(=O)(O)OCC(C)(C)[C@@H](O)C(=O)NCCC(=O)NCCSN)[C@@H](OP(=O)(O)O)[C@H]1O. The lowest BCUT2D eigenvalue weighted by atomic mass is 9.87. The fourth-order valence-electron chi connectivity index (χ4n) is 4.86. The number of nitrogens with zero attached hydrogens (tertiary/aromatic N) is 4. The number of aliphatic hydroxyl groups excluding tert-OH is 2. The number of nitrogens with two attached hydrogens (primary N) is 2. The molecule has 0 aliphatic carbocycles. The first kappa shape index (κ1) is 47.6. The summed E-state index contributed by atoms with van der Waals surface area (Å²) in [5.41, 5.74) is 3.80. The average molecular weight is 881 g/mol. The summed E-state index contributed by atoms with van der Waals surface area (Å²) in [5, 5.41) is 31.8. The molecule has 12 N–H and O–H groups in total. The second-order valence-corrected chi connectivity index (χ2v) is 17.6. The Bertz CT molecular complexity index is 1900. The van der Waals surface area contributed by atoms with Gasteiger partial charge in [0.2, 0.25) is 17.6 Å². The van der Waals surface area contributed by atoms with Gasteiger partial charge >= 0.3 is 23.5 Å². The maximum absolute atomic E-state index is 13.1. The Morgan fingerprint density at radius 2 is 1.73 bits per heavy atom. The minimum atomic E-state index is -5.68. The van der Waals surface area contributed by atoms with Gasteiger partial charge in [0.1, 0.15) is 36.5 Å². The van der Waals surface area contributed by atoms with Crippen LogP contribution in [-0.4, -0.2) is 129 Å². The van der Waals surface area contributed by atoms with E-state index in [2.05, 4.69) is 34.4 Å². The average Bonchev–Trinajstić information content (AvgIpc) is 3.63. The number of nitrogen functional groups attached to an aromatic ring is 1. The van der Waals surface area contributed by atoms with Gasteiger partial charge in [-0.2, -0.15) is 4.31 Å². The molecule has 316 valence electrons. The maximum atomic E-state index is 13.1. The lowest BCUT2D eigenvalue weighted by molar-refractivity contribution is -0.137. The van der Waals surface area contributed by atoms with Crippen LogP contribution in [0.5, 0.6) is 0 Å².